The van der Waals surface area contributed by atoms with Crippen LogP contribution in [0.15, 0.2) is 27.8 Å². The number of halogens is 1. The van der Waals surface area contributed by atoms with E-state index in [2.05, 4.69) is 20.9 Å². The zero-order chi connectivity index (χ0) is 16.3. The number of rotatable bonds is 3. The van der Waals surface area contributed by atoms with Gasteiger partial charge in [0.05, 0.1) is 10.8 Å². The van der Waals surface area contributed by atoms with Crippen LogP contribution in [-0.2, 0) is 15.5 Å². The maximum atomic E-state index is 12.4. The Morgan fingerprint density at radius 2 is 2.23 bits per heavy atom. The van der Waals surface area contributed by atoms with Crippen LogP contribution >= 0.6 is 15.9 Å². The van der Waals surface area contributed by atoms with Gasteiger partial charge in [0.25, 0.3) is 0 Å². The second kappa shape index (κ2) is 7.08. The summed E-state index contributed by atoms with van der Waals surface area (Å²) in [7, 11) is -1.15. The lowest BCUT2D eigenvalue weighted by atomic mass is 10.2. The summed E-state index contributed by atoms with van der Waals surface area (Å²) in [5.74, 6) is 0.733. The zero-order valence-corrected chi connectivity index (χ0v) is 15.4. The van der Waals surface area contributed by atoms with E-state index in [1.165, 1.54) is 0 Å². The topological polar surface area (TPSA) is 59.5 Å². The number of likely N-dealkylation sites (tertiary alicyclic amines) is 1. The van der Waals surface area contributed by atoms with Crippen molar-refractivity contribution in [2.45, 2.75) is 37.8 Å². The summed E-state index contributed by atoms with van der Waals surface area (Å²) in [4.78, 5) is 17.9. The number of carbonyl (C=O) groups excluding carboxylic acids is 1. The monoisotopic (exact) mass is 388 g/mol. The average molecular weight is 389 g/mol. The molecule has 0 unspecified atom stereocenters. The van der Waals surface area contributed by atoms with E-state index in [1.807, 2.05) is 26.8 Å². The number of hydrogen-bond donors (Lipinski definition) is 0. The van der Waals surface area contributed by atoms with Gasteiger partial charge in [-0.3, -0.25) is 4.21 Å². The number of amides is 1. The van der Waals surface area contributed by atoms with Gasteiger partial charge in [0.2, 0.25) is 0 Å². The second-order valence-corrected chi connectivity index (χ2v) is 8.65. The van der Waals surface area contributed by atoms with E-state index in [1.54, 1.807) is 17.0 Å². The Bertz CT molecular complexity index is 574. The fourth-order valence-electron chi connectivity index (χ4n) is 2.28. The molecule has 0 aliphatic carbocycles. The van der Waals surface area contributed by atoms with Crippen LogP contribution in [-0.4, -0.2) is 44.6 Å². The van der Waals surface area contributed by atoms with Gasteiger partial charge in [-0.15, -0.1) is 0 Å². The van der Waals surface area contributed by atoms with Crippen molar-refractivity contribution in [3.05, 3.63) is 22.8 Å². The van der Waals surface area contributed by atoms with Gasteiger partial charge in [-0.25, -0.2) is 9.78 Å². The van der Waals surface area contributed by atoms with Gasteiger partial charge in [-0.05, 0) is 61.2 Å². The SMILES string of the molecule is CC(C)(C)OC(=O)N1CC[C@@H](C[S@](=O)c2cccc(Br)n2)C1. The molecule has 1 amide bonds. The highest BCUT2D eigenvalue weighted by molar-refractivity contribution is 9.10. The fourth-order valence-corrected chi connectivity index (χ4v) is 4.04. The van der Waals surface area contributed by atoms with Crippen molar-refractivity contribution >= 4 is 32.8 Å². The molecule has 2 atom stereocenters. The molecule has 5 nitrogen and oxygen atoms in total. The Hall–Kier alpha value is -0.950. The minimum Gasteiger partial charge on any atom is -0.444 e. The summed E-state index contributed by atoms with van der Waals surface area (Å²) in [6, 6.07) is 5.40. The van der Waals surface area contributed by atoms with Crippen molar-refractivity contribution in [2.24, 2.45) is 5.92 Å². The first-order valence-electron chi connectivity index (χ1n) is 7.23. The van der Waals surface area contributed by atoms with Crippen molar-refractivity contribution in [3.8, 4) is 0 Å². The zero-order valence-electron chi connectivity index (χ0n) is 13.0. The van der Waals surface area contributed by atoms with Crippen molar-refractivity contribution in [1.29, 1.82) is 0 Å². The first kappa shape index (κ1) is 17.4. The lowest BCUT2D eigenvalue weighted by molar-refractivity contribution is 0.0289. The van der Waals surface area contributed by atoms with E-state index < -0.39 is 16.4 Å². The van der Waals surface area contributed by atoms with Crippen LogP contribution in [0, 0.1) is 5.92 Å². The van der Waals surface area contributed by atoms with Crippen molar-refractivity contribution in [1.82, 2.24) is 9.88 Å². The number of pyridine rings is 1. The largest absolute Gasteiger partial charge is 0.444 e. The minimum absolute atomic E-state index is 0.217. The van der Waals surface area contributed by atoms with E-state index in [-0.39, 0.29) is 12.0 Å². The maximum absolute atomic E-state index is 12.4. The first-order chi connectivity index (χ1) is 10.2. The van der Waals surface area contributed by atoms with E-state index >= 15 is 0 Å². The number of hydrogen-bond acceptors (Lipinski definition) is 4. The summed E-state index contributed by atoms with van der Waals surface area (Å²) in [5, 5.41) is 0.574. The van der Waals surface area contributed by atoms with Crippen LogP contribution in [0.1, 0.15) is 27.2 Å². The highest BCUT2D eigenvalue weighted by atomic mass is 79.9. The molecule has 1 aromatic rings. The molecule has 1 aliphatic rings. The van der Waals surface area contributed by atoms with Gasteiger partial charge in [-0.1, -0.05) is 6.07 Å². The molecule has 1 saturated heterocycles. The van der Waals surface area contributed by atoms with Crippen LogP contribution in [0.3, 0.4) is 0 Å². The number of nitrogens with zero attached hydrogens (tertiary/aromatic N) is 2. The summed E-state index contributed by atoms with van der Waals surface area (Å²) < 4.78 is 18.4. The van der Waals surface area contributed by atoms with Gasteiger partial charge < -0.3 is 9.64 Å². The third kappa shape index (κ3) is 5.05. The van der Waals surface area contributed by atoms with Gasteiger partial charge in [0.1, 0.15) is 15.2 Å². The molecule has 0 radical (unpaired) electrons. The van der Waals surface area contributed by atoms with Gasteiger partial charge in [0.15, 0.2) is 0 Å². The molecular weight excluding hydrogens is 368 g/mol. The lowest BCUT2D eigenvalue weighted by Gasteiger charge is -2.24. The Labute approximate surface area is 142 Å². The molecule has 0 aromatic carbocycles. The standard InChI is InChI=1S/C15H21BrN2O3S/c1-15(2,3)21-14(19)18-8-7-11(9-18)10-22(20)13-6-4-5-12(16)17-13/h4-6,11H,7-10H2,1-3H3/t11-,22+/m1/s1. The van der Waals surface area contributed by atoms with Crippen molar-refractivity contribution in [2.75, 3.05) is 18.8 Å². The molecule has 1 aliphatic heterocycles. The predicted molar refractivity (Wildman–Crippen MR) is 89.1 cm³/mol. The summed E-state index contributed by atoms with van der Waals surface area (Å²) in [6.07, 6.45) is 0.556. The molecule has 7 heteroatoms. The van der Waals surface area contributed by atoms with E-state index in [0.717, 1.165) is 6.42 Å². The molecule has 0 N–H and O–H groups in total. The molecule has 122 valence electrons. The highest BCUT2D eigenvalue weighted by Crippen LogP contribution is 2.22. The third-order valence-electron chi connectivity index (χ3n) is 3.25. The van der Waals surface area contributed by atoms with Crippen LogP contribution in [0.4, 0.5) is 4.79 Å². The Morgan fingerprint density at radius 3 is 2.86 bits per heavy atom. The smallest absolute Gasteiger partial charge is 0.410 e. The van der Waals surface area contributed by atoms with Crippen LogP contribution < -0.4 is 0 Å². The lowest BCUT2D eigenvalue weighted by Crippen LogP contribution is -2.35. The number of ether oxygens (including phenoxy) is 1. The van der Waals surface area contributed by atoms with Crippen LogP contribution in [0.25, 0.3) is 0 Å². The second-order valence-electron chi connectivity index (χ2n) is 6.39. The Kier molecular flexibility index (Phi) is 5.60. The quantitative estimate of drug-likeness (QED) is 0.745. The van der Waals surface area contributed by atoms with Gasteiger partial charge in [0, 0.05) is 18.8 Å². The van der Waals surface area contributed by atoms with Crippen molar-refractivity contribution in [3.63, 3.8) is 0 Å². The maximum Gasteiger partial charge on any atom is 0.410 e. The van der Waals surface area contributed by atoms with Crippen molar-refractivity contribution < 1.29 is 13.7 Å². The predicted octanol–water partition coefficient (Wildman–Crippen LogP) is 3.21. The Balaban J connectivity index is 1.88. The molecule has 22 heavy (non-hydrogen) atoms. The molecule has 2 heterocycles. The molecule has 0 saturated carbocycles. The fraction of sp³-hybridized carbons (Fsp3) is 0.600. The third-order valence-corrected chi connectivity index (χ3v) is 5.16. The van der Waals surface area contributed by atoms with E-state index in [9.17, 15) is 9.00 Å². The molecule has 2 rings (SSSR count). The normalized spacial score (nSPS) is 20.0. The van der Waals surface area contributed by atoms with E-state index in [4.69, 9.17) is 4.74 Å². The van der Waals surface area contributed by atoms with Gasteiger partial charge >= 0.3 is 6.09 Å². The highest BCUT2D eigenvalue weighted by Gasteiger charge is 2.30. The molecule has 0 bridgehead atoms. The Morgan fingerprint density at radius 1 is 1.50 bits per heavy atom. The van der Waals surface area contributed by atoms with Gasteiger partial charge in [-0.2, -0.15) is 0 Å². The summed E-state index contributed by atoms with van der Waals surface area (Å²) in [5.41, 5.74) is -0.488. The van der Waals surface area contributed by atoms with Crippen LogP contribution in [0.5, 0.6) is 0 Å². The average Bonchev–Trinajstić information content (AvgIpc) is 2.85. The summed E-state index contributed by atoms with van der Waals surface area (Å²) in [6.45, 7) is 6.81. The first-order valence-corrected chi connectivity index (χ1v) is 9.34. The van der Waals surface area contributed by atoms with E-state index in [0.29, 0.717) is 28.5 Å². The number of carbonyl (C=O) groups is 1. The molecule has 1 fully saturated rings. The molecule has 1 aromatic heterocycles. The molecular formula is C15H21BrN2O3S. The summed E-state index contributed by atoms with van der Waals surface area (Å²) >= 11 is 3.28. The number of aromatic nitrogens is 1. The minimum atomic E-state index is -1.15. The van der Waals surface area contributed by atoms with Crippen LogP contribution in [0.2, 0.25) is 0 Å². The molecule has 0 spiro atoms.